The zero-order chi connectivity index (χ0) is 14.0. The number of hydrogen-bond acceptors (Lipinski definition) is 3. The first-order chi connectivity index (χ1) is 9.04. The average Bonchev–Trinajstić information content (AvgIpc) is 2.41. The van der Waals surface area contributed by atoms with Crippen molar-refractivity contribution in [2.75, 3.05) is 11.4 Å². The average molecular weight is 282 g/mol. The van der Waals surface area contributed by atoms with E-state index in [1.165, 1.54) is 12.8 Å². The number of benzene rings is 1. The van der Waals surface area contributed by atoms with Crippen LogP contribution < -0.4 is 10.6 Å². The zero-order valence-corrected chi connectivity index (χ0v) is 12.1. The summed E-state index contributed by atoms with van der Waals surface area (Å²) in [5, 5.41) is 12.2. The summed E-state index contributed by atoms with van der Waals surface area (Å²) in [6, 6.07) is 6.18. The molecule has 3 N–H and O–H groups in total. The lowest BCUT2D eigenvalue weighted by atomic mass is 9.91. The molecule has 0 bridgehead atoms. The van der Waals surface area contributed by atoms with E-state index in [4.69, 9.17) is 22.5 Å². The third-order valence-electron chi connectivity index (χ3n) is 4.04. The molecule has 0 spiro atoms. The Labute approximate surface area is 118 Å². The molecular weight excluding hydrogens is 262 g/mol. The summed E-state index contributed by atoms with van der Waals surface area (Å²) in [6.07, 6.45) is 2.47. The van der Waals surface area contributed by atoms with E-state index in [-0.39, 0.29) is 5.84 Å². The molecule has 2 rings (SSSR count). The number of piperidine rings is 1. The highest BCUT2D eigenvalue weighted by Crippen LogP contribution is 2.31. The lowest BCUT2D eigenvalue weighted by Crippen LogP contribution is -2.42. The Morgan fingerprint density at radius 1 is 1.47 bits per heavy atom. The molecule has 0 aliphatic carbocycles. The van der Waals surface area contributed by atoms with Crippen LogP contribution in [0.1, 0.15) is 32.3 Å². The number of hydrogen-bond donors (Lipinski definition) is 2. The van der Waals surface area contributed by atoms with Gasteiger partial charge in [0.1, 0.15) is 0 Å². The molecular formula is C14H20ClN3O. The number of amidine groups is 1. The van der Waals surface area contributed by atoms with Crippen LogP contribution in [0, 0.1) is 5.92 Å². The lowest BCUT2D eigenvalue weighted by Gasteiger charge is -2.39. The molecule has 1 aliphatic heterocycles. The van der Waals surface area contributed by atoms with Crippen molar-refractivity contribution in [2.45, 2.75) is 32.7 Å². The molecule has 1 aromatic carbocycles. The first-order valence-corrected chi connectivity index (χ1v) is 6.96. The SMILES string of the molecule is CC1CCCN(c2ccc(C(N)=NO)c(Cl)c2)C1C. The second-order valence-electron chi connectivity index (χ2n) is 5.20. The second kappa shape index (κ2) is 5.70. The Morgan fingerprint density at radius 3 is 2.84 bits per heavy atom. The minimum atomic E-state index is 0.0385. The minimum Gasteiger partial charge on any atom is -0.409 e. The van der Waals surface area contributed by atoms with Crippen LogP contribution in [0.2, 0.25) is 5.02 Å². The van der Waals surface area contributed by atoms with Crippen LogP contribution in [0.5, 0.6) is 0 Å². The minimum absolute atomic E-state index is 0.0385. The lowest BCUT2D eigenvalue weighted by molar-refractivity contribution is 0.318. The van der Waals surface area contributed by atoms with E-state index < -0.39 is 0 Å². The highest BCUT2D eigenvalue weighted by Gasteiger charge is 2.25. The molecule has 4 nitrogen and oxygen atoms in total. The maximum atomic E-state index is 8.70. The number of oxime groups is 1. The van der Waals surface area contributed by atoms with E-state index >= 15 is 0 Å². The zero-order valence-electron chi connectivity index (χ0n) is 11.3. The third kappa shape index (κ3) is 2.78. The summed E-state index contributed by atoms with van der Waals surface area (Å²) in [6.45, 7) is 5.57. The highest BCUT2D eigenvalue weighted by molar-refractivity contribution is 6.34. The van der Waals surface area contributed by atoms with Gasteiger partial charge < -0.3 is 15.8 Å². The molecule has 1 saturated heterocycles. The van der Waals surface area contributed by atoms with Crippen LogP contribution in [-0.4, -0.2) is 23.6 Å². The van der Waals surface area contributed by atoms with Crippen molar-refractivity contribution in [3.63, 3.8) is 0 Å². The molecule has 5 heteroatoms. The molecule has 2 unspecified atom stereocenters. The van der Waals surface area contributed by atoms with Crippen LogP contribution in [0.25, 0.3) is 0 Å². The standard InChI is InChI=1S/C14H20ClN3O/c1-9-4-3-7-18(10(9)2)11-5-6-12(13(15)8-11)14(16)17-19/h5-6,8-10,19H,3-4,7H2,1-2H3,(H2,16,17). The van der Waals surface area contributed by atoms with Gasteiger partial charge in [-0.25, -0.2) is 0 Å². The van der Waals surface area contributed by atoms with Gasteiger partial charge in [-0.05, 0) is 43.9 Å². The Balaban J connectivity index is 2.29. The fourth-order valence-electron chi connectivity index (χ4n) is 2.64. The van der Waals surface area contributed by atoms with Crippen molar-refractivity contribution >= 4 is 23.1 Å². The number of rotatable bonds is 2. The summed E-state index contributed by atoms with van der Waals surface area (Å²) in [7, 11) is 0. The normalized spacial score (nSPS) is 24.6. The monoisotopic (exact) mass is 281 g/mol. The van der Waals surface area contributed by atoms with Gasteiger partial charge in [-0.15, -0.1) is 0 Å². The summed E-state index contributed by atoms with van der Waals surface area (Å²) < 4.78 is 0. The largest absolute Gasteiger partial charge is 0.409 e. The fourth-order valence-corrected chi connectivity index (χ4v) is 2.92. The molecule has 2 atom stereocenters. The maximum Gasteiger partial charge on any atom is 0.171 e. The van der Waals surface area contributed by atoms with Gasteiger partial charge in [0.05, 0.1) is 5.02 Å². The van der Waals surface area contributed by atoms with Crippen LogP contribution in [0.3, 0.4) is 0 Å². The van der Waals surface area contributed by atoms with Crippen molar-refractivity contribution in [1.29, 1.82) is 0 Å². The number of nitrogens with two attached hydrogens (primary N) is 1. The first kappa shape index (κ1) is 14.0. The molecule has 1 aliphatic rings. The van der Waals surface area contributed by atoms with Crippen molar-refractivity contribution in [3.8, 4) is 0 Å². The molecule has 19 heavy (non-hydrogen) atoms. The van der Waals surface area contributed by atoms with E-state index in [9.17, 15) is 0 Å². The third-order valence-corrected chi connectivity index (χ3v) is 4.35. The topological polar surface area (TPSA) is 61.8 Å². The summed E-state index contributed by atoms with van der Waals surface area (Å²) in [5.41, 5.74) is 7.23. The van der Waals surface area contributed by atoms with E-state index in [0.29, 0.717) is 22.5 Å². The van der Waals surface area contributed by atoms with E-state index in [1.807, 2.05) is 12.1 Å². The van der Waals surface area contributed by atoms with Gasteiger partial charge in [0.2, 0.25) is 0 Å². The number of nitrogens with zero attached hydrogens (tertiary/aromatic N) is 2. The highest BCUT2D eigenvalue weighted by atomic mass is 35.5. The van der Waals surface area contributed by atoms with Crippen molar-refractivity contribution in [3.05, 3.63) is 28.8 Å². The Morgan fingerprint density at radius 2 is 2.21 bits per heavy atom. The predicted octanol–water partition coefficient (Wildman–Crippen LogP) is 3.06. The van der Waals surface area contributed by atoms with Crippen LogP contribution in [-0.2, 0) is 0 Å². The van der Waals surface area contributed by atoms with Crippen molar-refractivity contribution in [1.82, 2.24) is 0 Å². The molecule has 1 heterocycles. The van der Waals surface area contributed by atoms with Gasteiger partial charge in [0.25, 0.3) is 0 Å². The first-order valence-electron chi connectivity index (χ1n) is 6.58. The van der Waals surface area contributed by atoms with Gasteiger partial charge in [-0.1, -0.05) is 23.7 Å². The molecule has 0 amide bonds. The van der Waals surface area contributed by atoms with Gasteiger partial charge in [-0.2, -0.15) is 0 Å². The van der Waals surface area contributed by atoms with Gasteiger partial charge in [0.15, 0.2) is 5.84 Å². The summed E-state index contributed by atoms with van der Waals surface area (Å²) in [4.78, 5) is 2.37. The predicted molar refractivity (Wildman–Crippen MR) is 79.2 cm³/mol. The van der Waals surface area contributed by atoms with Gasteiger partial charge in [-0.3, -0.25) is 0 Å². The summed E-state index contributed by atoms with van der Waals surface area (Å²) in [5.74, 6) is 0.716. The van der Waals surface area contributed by atoms with E-state index in [1.54, 1.807) is 6.07 Å². The van der Waals surface area contributed by atoms with E-state index in [0.717, 1.165) is 12.2 Å². The van der Waals surface area contributed by atoms with Crippen LogP contribution >= 0.6 is 11.6 Å². The quantitative estimate of drug-likeness (QED) is 0.379. The maximum absolute atomic E-state index is 8.70. The molecule has 0 aromatic heterocycles. The molecule has 104 valence electrons. The Kier molecular flexibility index (Phi) is 4.20. The van der Waals surface area contributed by atoms with Gasteiger partial charge in [0, 0.05) is 23.8 Å². The second-order valence-corrected chi connectivity index (χ2v) is 5.61. The van der Waals surface area contributed by atoms with Crippen LogP contribution in [0.15, 0.2) is 23.4 Å². The fraction of sp³-hybridized carbons (Fsp3) is 0.500. The summed E-state index contributed by atoms with van der Waals surface area (Å²) >= 11 is 6.21. The smallest absolute Gasteiger partial charge is 0.171 e. The Hall–Kier alpha value is -1.42. The number of anilines is 1. The number of halogens is 1. The molecule has 1 aromatic rings. The van der Waals surface area contributed by atoms with Crippen molar-refractivity contribution < 1.29 is 5.21 Å². The molecule has 0 saturated carbocycles. The van der Waals surface area contributed by atoms with E-state index in [2.05, 4.69) is 23.9 Å². The van der Waals surface area contributed by atoms with Crippen LogP contribution in [0.4, 0.5) is 5.69 Å². The Bertz CT molecular complexity index is 490. The van der Waals surface area contributed by atoms with Crippen molar-refractivity contribution in [2.24, 2.45) is 16.8 Å². The molecule has 0 radical (unpaired) electrons. The molecule has 1 fully saturated rings. The van der Waals surface area contributed by atoms with Gasteiger partial charge >= 0.3 is 0 Å².